The topological polar surface area (TPSA) is 33.1 Å². The van der Waals surface area contributed by atoms with E-state index in [-0.39, 0.29) is 0 Å². The highest BCUT2D eigenvalue weighted by Gasteiger charge is 2.14. The zero-order chi connectivity index (χ0) is 13.7. The number of aromatic nitrogens is 2. The van der Waals surface area contributed by atoms with Crippen molar-refractivity contribution < 1.29 is 0 Å². The van der Waals surface area contributed by atoms with Crippen molar-refractivity contribution >= 4 is 0 Å². The van der Waals surface area contributed by atoms with Crippen molar-refractivity contribution in [1.82, 2.24) is 20.0 Å². The van der Waals surface area contributed by atoms with Crippen LogP contribution in [-0.2, 0) is 6.54 Å². The Kier molecular flexibility index (Phi) is 5.40. The summed E-state index contributed by atoms with van der Waals surface area (Å²) in [6, 6.07) is 2.56. The molecule has 0 amide bonds. The van der Waals surface area contributed by atoms with Gasteiger partial charge in [-0.15, -0.1) is 0 Å². The summed E-state index contributed by atoms with van der Waals surface area (Å²) in [7, 11) is 0. The van der Waals surface area contributed by atoms with Crippen LogP contribution in [0.15, 0.2) is 12.3 Å². The number of rotatable bonds is 7. The first-order valence-electron chi connectivity index (χ1n) is 7.62. The molecule has 108 valence electrons. The summed E-state index contributed by atoms with van der Waals surface area (Å²) in [6.45, 7) is 12.4. The summed E-state index contributed by atoms with van der Waals surface area (Å²) in [5.41, 5.74) is 1.14. The van der Waals surface area contributed by atoms with Crippen molar-refractivity contribution in [3.05, 3.63) is 18.0 Å². The molecule has 2 heterocycles. The molecule has 4 heteroatoms. The molecular formula is C15H28N4. The maximum Gasteiger partial charge on any atom is 0.0762 e. The lowest BCUT2D eigenvalue weighted by Gasteiger charge is -2.20. The van der Waals surface area contributed by atoms with E-state index in [1.54, 1.807) is 0 Å². The Morgan fingerprint density at radius 2 is 2.00 bits per heavy atom. The van der Waals surface area contributed by atoms with Crippen LogP contribution in [0.25, 0.3) is 0 Å². The van der Waals surface area contributed by atoms with Gasteiger partial charge >= 0.3 is 0 Å². The Balaban J connectivity index is 1.64. The van der Waals surface area contributed by atoms with E-state index in [1.165, 1.54) is 32.5 Å². The van der Waals surface area contributed by atoms with Gasteiger partial charge in [-0.25, -0.2) is 0 Å². The van der Waals surface area contributed by atoms with Gasteiger partial charge in [-0.2, -0.15) is 5.10 Å². The molecule has 0 aromatic carbocycles. The minimum Gasteiger partial charge on any atom is -0.311 e. The van der Waals surface area contributed by atoms with Crippen LogP contribution in [0, 0.1) is 5.92 Å². The lowest BCUT2D eigenvalue weighted by atomic mass is 10.1. The second-order valence-electron chi connectivity index (χ2n) is 6.12. The molecule has 0 aliphatic carbocycles. The highest BCUT2D eigenvalue weighted by Crippen LogP contribution is 2.10. The van der Waals surface area contributed by atoms with Crippen LogP contribution in [0.1, 0.15) is 45.3 Å². The first kappa shape index (κ1) is 14.5. The Bertz CT molecular complexity index is 366. The SMILES string of the molecule is CC(CNCc1ccn(C(C)C)n1)CN1CCCC1. The zero-order valence-corrected chi connectivity index (χ0v) is 12.6. The molecule has 1 N–H and O–H groups in total. The first-order chi connectivity index (χ1) is 9.15. The zero-order valence-electron chi connectivity index (χ0n) is 12.6. The van der Waals surface area contributed by atoms with Crippen molar-refractivity contribution in [2.24, 2.45) is 5.92 Å². The number of nitrogens with zero attached hydrogens (tertiary/aromatic N) is 3. The van der Waals surface area contributed by atoms with Crippen LogP contribution in [0.3, 0.4) is 0 Å². The predicted molar refractivity (Wildman–Crippen MR) is 79.2 cm³/mol. The van der Waals surface area contributed by atoms with Crippen LogP contribution in [-0.4, -0.2) is 40.9 Å². The van der Waals surface area contributed by atoms with E-state index < -0.39 is 0 Å². The van der Waals surface area contributed by atoms with Crippen molar-refractivity contribution in [2.75, 3.05) is 26.2 Å². The lowest BCUT2D eigenvalue weighted by Crippen LogP contribution is -2.31. The van der Waals surface area contributed by atoms with E-state index in [0.717, 1.165) is 18.8 Å². The third-order valence-electron chi connectivity index (χ3n) is 3.76. The van der Waals surface area contributed by atoms with E-state index in [9.17, 15) is 0 Å². The highest BCUT2D eigenvalue weighted by atomic mass is 15.3. The summed E-state index contributed by atoms with van der Waals surface area (Å²) in [6.07, 6.45) is 4.83. The molecule has 1 saturated heterocycles. The number of likely N-dealkylation sites (tertiary alicyclic amines) is 1. The minimum absolute atomic E-state index is 0.447. The van der Waals surface area contributed by atoms with Gasteiger partial charge in [-0.3, -0.25) is 4.68 Å². The summed E-state index contributed by atoms with van der Waals surface area (Å²) in [5.74, 6) is 0.713. The monoisotopic (exact) mass is 264 g/mol. The Hall–Kier alpha value is -0.870. The van der Waals surface area contributed by atoms with Crippen LogP contribution in [0.2, 0.25) is 0 Å². The number of hydrogen-bond acceptors (Lipinski definition) is 3. The summed E-state index contributed by atoms with van der Waals surface area (Å²) in [5, 5.41) is 8.08. The van der Waals surface area contributed by atoms with Crippen LogP contribution < -0.4 is 5.32 Å². The van der Waals surface area contributed by atoms with Crippen molar-refractivity contribution in [3.8, 4) is 0 Å². The fraction of sp³-hybridized carbons (Fsp3) is 0.800. The van der Waals surface area contributed by atoms with Crippen LogP contribution in [0.5, 0.6) is 0 Å². The van der Waals surface area contributed by atoms with Gasteiger partial charge in [0.25, 0.3) is 0 Å². The molecule has 2 rings (SSSR count). The van der Waals surface area contributed by atoms with E-state index in [0.29, 0.717) is 12.0 Å². The van der Waals surface area contributed by atoms with Gasteiger partial charge in [-0.1, -0.05) is 6.92 Å². The number of hydrogen-bond donors (Lipinski definition) is 1. The molecule has 0 bridgehead atoms. The molecular weight excluding hydrogens is 236 g/mol. The molecule has 1 aliphatic heterocycles. The largest absolute Gasteiger partial charge is 0.311 e. The second kappa shape index (κ2) is 7.06. The Morgan fingerprint density at radius 1 is 1.26 bits per heavy atom. The smallest absolute Gasteiger partial charge is 0.0762 e. The van der Waals surface area contributed by atoms with Gasteiger partial charge in [0, 0.05) is 25.3 Å². The third kappa shape index (κ3) is 4.62. The van der Waals surface area contributed by atoms with Crippen molar-refractivity contribution in [2.45, 2.75) is 46.2 Å². The van der Waals surface area contributed by atoms with E-state index in [2.05, 4.69) is 48.3 Å². The molecule has 1 aliphatic rings. The molecule has 4 nitrogen and oxygen atoms in total. The van der Waals surface area contributed by atoms with Crippen molar-refractivity contribution in [3.63, 3.8) is 0 Å². The molecule has 1 unspecified atom stereocenters. The van der Waals surface area contributed by atoms with E-state index in [4.69, 9.17) is 0 Å². The van der Waals surface area contributed by atoms with Gasteiger partial charge in [-0.05, 0) is 58.3 Å². The molecule has 0 spiro atoms. The molecule has 1 fully saturated rings. The fourth-order valence-corrected chi connectivity index (χ4v) is 2.68. The van der Waals surface area contributed by atoms with Crippen LogP contribution in [0.4, 0.5) is 0 Å². The molecule has 0 saturated carbocycles. The molecule has 1 aromatic rings. The lowest BCUT2D eigenvalue weighted by molar-refractivity contribution is 0.282. The molecule has 1 atom stereocenters. The van der Waals surface area contributed by atoms with Gasteiger partial charge in [0.2, 0.25) is 0 Å². The third-order valence-corrected chi connectivity index (χ3v) is 3.76. The predicted octanol–water partition coefficient (Wildman–Crippen LogP) is 2.29. The fourth-order valence-electron chi connectivity index (χ4n) is 2.68. The van der Waals surface area contributed by atoms with Gasteiger partial charge < -0.3 is 10.2 Å². The van der Waals surface area contributed by atoms with Gasteiger partial charge in [0.1, 0.15) is 0 Å². The minimum atomic E-state index is 0.447. The average molecular weight is 264 g/mol. The summed E-state index contributed by atoms with van der Waals surface area (Å²) >= 11 is 0. The standard InChI is InChI=1S/C15H28N4/c1-13(2)19-9-6-15(17-19)11-16-10-14(3)12-18-7-4-5-8-18/h6,9,13-14,16H,4-5,7-8,10-12H2,1-3H3. The van der Waals surface area contributed by atoms with E-state index in [1.807, 2.05) is 4.68 Å². The summed E-state index contributed by atoms with van der Waals surface area (Å²) < 4.78 is 2.02. The van der Waals surface area contributed by atoms with Crippen molar-refractivity contribution in [1.29, 1.82) is 0 Å². The highest BCUT2D eigenvalue weighted by molar-refractivity contribution is 4.99. The average Bonchev–Trinajstić information content (AvgIpc) is 3.00. The molecule has 19 heavy (non-hydrogen) atoms. The quantitative estimate of drug-likeness (QED) is 0.820. The Labute approximate surface area is 117 Å². The maximum atomic E-state index is 4.55. The summed E-state index contributed by atoms with van der Waals surface area (Å²) in [4.78, 5) is 2.58. The maximum absolute atomic E-state index is 4.55. The van der Waals surface area contributed by atoms with E-state index >= 15 is 0 Å². The molecule has 0 radical (unpaired) electrons. The number of nitrogens with one attached hydrogen (secondary N) is 1. The first-order valence-corrected chi connectivity index (χ1v) is 7.62. The Morgan fingerprint density at radius 3 is 2.63 bits per heavy atom. The normalized spacial score (nSPS) is 18.3. The molecule has 1 aromatic heterocycles. The van der Waals surface area contributed by atoms with Gasteiger partial charge in [0.15, 0.2) is 0 Å². The van der Waals surface area contributed by atoms with Crippen LogP contribution >= 0.6 is 0 Å². The van der Waals surface area contributed by atoms with Gasteiger partial charge in [0.05, 0.1) is 5.69 Å². The second-order valence-corrected chi connectivity index (χ2v) is 6.12.